The van der Waals surface area contributed by atoms with Crippen LogP contribution in [0.4, 0.5) is 0 Å². The molecule has 1 heterocycles. The highest BCUT2D eigenvalue weighted by atomic mass is 35.5. The first-order chi connectivity index (χ1) is 9.41. The maximum absolute atomic E-state index is 11.6. The fourth-order valence-electron chi connectivity index (χ4n) is 1.55. The number of ether oxygens (including phenoxy) is 1. The molecule has 0 unspecified atom stereocenters. The van der Waals surface area contributed by atoms with E-state index < -0.39 is 0 Å². The van der Waals surface area contributed by atoms with Crippen LogP contribution in [0.15, 0.2) is 18.2 Å². The molecule has 20 heavy (non-hydrogen) atoms. The molecule has 1 rings (SSSR count). The molecule has 1 N–H and O–H groups in total. The van der Waals surface area contributed by atoms with Gasteiger partial charge in [-0.3, -0.25) is 9.48 Å². The van der Waals surface area contributed by atoms with Crippen molar-refractivity contribution in [1.29, 1.82) is 0 Å². The van der Waals surface area contributed by atoms with Gasteiger partial charge in [-0.15, -0.1) is 0 Å². The Labute approximate surface area is 124 Å². The second-order valence-electron chi connectivity index (χ2n) is 4.55. The second kappa shape index (κ2) is 7.87. The zero-order chi connectivity index (χ0) is 15.1. The zero-order valence-corrected chi connectivity index (χ0v) is 12.8. The van der Waals surface area contributed by atoms with Crippen molar-refractivity contribution in [2.75, 3.05) is 19.8 Å². The number of rotatable bonds is 7. The lowest BCUT2D eigenvalue weighted by Crippen LogP contribution is -2.25. The van der Waals surface area contributed by atoms with Crippen LogP contribution in [0, 0.1) is 6.92 Å². The molecule has 0 aromatic carbocycles. The van der Waals surface area contributed by atoms with Crippen molar-refractivity contribution in [1.82, 2.24) is 15.1 Å². The lowest BCUT2D eigenvalue weighted by molar-refractivity contribution is -0.116. The molecule has 6 heteroatoms. The first-order valence-corrected chi connectivity index (χ1v) is 6.66. The molecule has 0 aliphatic rings. The normalized spacial score (nSPS) is 11.0. The van der Waals surface area contributed by atoms with E-state index in [1.807, 2.05) is 13.8 Å². The molecule has 1 amide bonds. The van der Waals surface area contributed by atoms with E-state index in [4.69, 9.17) is 16.3 Å². The molecule has 0 aliphatic heterocycles. The minimum Gasteiger partial charge on any atom is -0.375 e. The zero-order valence-electron chi connectivity index (χ0n) is 12.1. The van der Waals surface area contributed by atoms with E-state index in [0.717, 1.165) is 16.8 Å². The Balaban J connectivity index is 2.38. The third kappa shape index (κ3) is 5.19. The number of amides is 1. The van der Waals surface area contributed by atoms with Gasteiger partial charge in [-0.25, -0.2) is 0 Å². The molecule has 1 aromatic rings. The van der Waals surface area contributed by atoms with Crippen molar-refractivity contribution in [3.8, 4) is 0 Å². The average Bonchev–Trinajstić information content (AvgIpc) is 2.60. The summed E-state index contributed by atoms with van der Waals surface area (Å²) in [4.78, 5) is 11.6. The summed E-state index contributed by atoms with van der Waals surface area (Å²) in [6, 6.07) is 0. The number of carbonyl (C=O) groups is 1. The van der Waals surface area contributed by atoms with E-state index in [0.29, 0.717) is 24.9 Å². The third-order valence-electron chi connectivity index (χ3n) is 2.49. The van der Waals surface area contributed by atoms with Crippen LogP contribution in [-0.4, -0.2) is 35.4 Å². The number of hydrogen-bond donors (Lipinski definition) is 1. The number of carbonyl (C=O) groups excluding carboxylic acids is 1. The SMILES string of the molecule is C=C(C)COCCNC(=O)/C=C/c1c(C)nn(C)c1Cl. The molecule has 1 aromatic heterocycles. The Morgan fingerprint density at radius 3 is 2.85 bits per heavy atom. The van der Waals surface area contributed by atoms with Crippen LogP contribution in [0.25, 0.3) is 6.08 Å². The Morgan fingerprint density at radius 2 is 2.30 bits per heavy atom. The summed E-state index contributed by atoms with van der Waals surface area (Å²) in [7, 11) is 1.76. The minimum atomic E-state index is -0.191. The molecule has 0 aliphatic carbocycles. The Morgan fingerprint density at radius 1 is 1.60 bits per heavy atom. The monoisotopic (exact) mass is 297 g/mol. The van der Waals surface area contributed by atoms with Crippen LogP contribution in [0.1, 0.15) is 18.2 Å². The summed E-state index contributed by atoms with van der Waals surface area (Å²) >= 11 is 6.06. The number of nitrogens with one attached hydrogen (secondary N) is 1. The maximum Gasteiger partial charge on any atom is 0.244 e. The molecule has 5 nitrogen and oxygen atoms in total. The summed E-state index contributed by atoms with van der Waals surface area (Å²) in [5, 5.41) is 7.40. The van der Waals surface area contributed by atoms with E-state index >= 15 is 0 Å². The highest BCUT2D eigenvalue weighted by Crippen LogP contribution is 2.19. The van der Waals surface area contributed by atoms with Gasteiger partial charge in [0.1, 0.15) is 5.15 Å². The van der Waals surface area contributed by atoms with E-state index in [2.05, 4.69) is 17.0 Å². The number of aryl methyl sites for hydroxylation is 2. The molecule has 0 saturated carbocycles. The molecule has 0 bridgehead atoms. The number of halogens is 1. The summed E-state index contributed by atoms with van der Waals surface area (Å²) in [5.74, 6) is -0.191. The molecule has 0 radical (unpaired) electrons. The van der Waals surface area contributed by atoms with Crippen LogP contribution in [0.5, 0.6) is 0 Å². The summed E-state index contributed by atoms with van der Waals surface area (Å²) in [5.41, 5.74) is 2.49. The van der Waals surface area contributed by atoms with E-state index in [9.17, 15) is 4.79 Å². The second-order valence-corrected chi connectivity index (χ2v) is 4.91. The lowest BCUT2D eigenvalue weighted by Gasteiger charge is -2.04. The number of nitrogens with zero attached hydrogens (tertiary/aromatic N) is 2. The summed E-state index contributed by atoms with van der Waals surface area (Å²) in [6.07, 6.45) is 3.10. The van der Waals surface area contributed by atoms with Gasteiger partial charge in [-0.1, -0.05) is 23.8 Å². The molecule has 0 fully saturated rings. The van der Waals surface area contributed by atoms with Crippen molar-refractivity contribution < 1.29 is 9.53 Å². The van der Waals surface area contributed by atoms with Crippen LogP contribution in [0.3, 0.4) is 0 Å². The maximum atomic E-state index is 11.6. The Bertz CT molecular complexity index is 521. The summed E-state index contributed by atoms with van der Waals surface area (Å²) in [6.45, 7) is 8.88. The van der Waals surface area contributed by atoms with Crippen molar-refractivity contribution in [2.45, 2.75) is 13.8 Å². The molecule has 0 spiro atoms. The first kappa shape index (κ1) is 16.5. The average molecular weight is 298 g/mol. The minimum absolute atomic E-state index is 0.191. The lowest BCUT2D eigenvalue weighted by atomic mass is 10.2. The van der Waals surface area contributed by atoms with Crippen LogP contribution >= 0.6 is 11.6 Å². The predicted octanol–water partition coefficient (Wildman–Crippen LogP) is 2.10. The topological polar surface area (TPSA) is 56.1 Å². The largest absolute Gasteiger partial charge is 0.375 e. The van der Waals surface area contributed by atoms with Gasteiger partial charge in [0.05, 0.1) is 18.9 Å². The predicted molar refractivity (Wildman–Crippen MR) is 80.6 cm³/mol. The summed E-state index contributed by atoms with van der Waals surface area (Å²) < 4.78 is 6.85. The molecule has 0 atom stereocenters. The van der Waals surface area contributed by atoms with Crippen molar-refractivity contribution >= 4 is 23.6 Å². The van der Waals surface area contributed by atoms with E-state index in [-0.39, 0.29) is 5.91 Å². The van der Waals surface area contributed by atoms with Gasteiger partial charge in [0.25, 0.3) is 0 Å². The smallest absolute Gasteiger partial charge is 0.244 e. The molecular weight excluding hydrogens is 278 g/mol. The van der Waals surface area contributed by atoms with Crippen LogP contribution in [0.2, 0.25) is 5.15 Å². The highest BCUT2D eigenvalue weighted by Gasteiger charge is 2.08. The van der Waals surface area contributed by atoms with Gasteiger partial charge >= 0.3 is 0 Å². The first-order valence-electron chi connectivity index (χ1n) is 6.29. The van der Waals surface area contributed by atoms with Gasteiger partial charge in [0.2, 0.25) is 5.91 Å². The quantitative estimate of drug-likeness (QED) is 0.476. The van der Waals surface area contributed by atoms with Gasteiger partial charge in [-0.05, 0) is 19.9 Å². The van der Waals surface area contributed by atoms with Crippen LogP contribution in [-0.2, 0) is 16.6 Å². The van der Waals surface area contributed by atoms with Crippen molar-refractivity contribution in [3.05, 3.63) is 34.6 Å². The van der Waals surface area contributed by atoms with Crippen molar-refractivity contribution in [3.63, 3.8) is 0 Å². The molecular formula is C14H20ClN3O2. The van der Waals surface area contributed by atoms with Crippen molar-refractivity contribution in [2.24, 2.45) is 7.05 Å². The van der Waals surface area contributed by atoms with E-state index in [1.54, 1.807) is 17.8 Å². The van der Waals surface area contributed by atoms with Gasteiger partial charge in [-0.2, -0.15) is 5.10 Å². The number of aromatic nitrogens is 2. The highest BCUT2D eigenvalue weighted by molar-refractivity contribution is 6.31. The van der Waals surface area contributed by atoms with Gasteiger partial charge in [0, 0.05) is 25.2 Å². The fourth-order valence-corrected chi connectivity index (χ4v) is 1.78. The molecule has 110 valence electrons. The molecule has 0 saturated heterocycles. The Kier molecular flexibility index (Phi) is 6.48. The standard InChI is InChI=1S/C14H20ClN3O2/c1-10(2)9-20-8-7-16-13(19)6-5-12-11(3)17-18(4)14(12)15/h5-6H,1,7-9H2,2-4H3,(H,16,19)/b6-5+. The fraction of sp³-hybridized carbons (Fsp3) is 0.429. The van der Waals surface area contributed by atoms with Gasteiger partial charge < -0.3 is 10.1 Å². The Hall–Kier alpha value is -1.59. The van der Waals surface area contributed by atoms with Crippen LogP contribution < -0.4 is 5.32 Å². The van der Waals surface area contributed by atoms with E-state index in [1.165, 1.54) is 6.08 Å². The number of hydrogen-bond acceptors (Lipinski definition) is 3. The third-order valence-corrected chi connectivity index (χ3v) is 2.94. The van der Waals surface area contributed by atoms with Gasteiger partial charge in [0.15, 0.2) is 0 Å².